The van der Waals surface area contributed by atoms with Crippen molar-refractivity contribution in [1.29, 1.82) is 0 Å². The van der Waals surface area contributed by atoms with E-state index in [2.05, 4.69) is 127 Å². The lowest BCUT2D eigenvalue weighted by atomic mass is 9.93. The normalized spacial score (nSPS) is 11.6. The summed E-state index contributed by atoms with van der Waals surface area (Å²) < 4.78 is 9.41. The van der Waals surface area contributed by atoms with E-state index in [4.69, 9.17) is 19.4 Å². The van der Waals surface area contributed by atoms with Crippen molar-refractivity contribution in [3.63, 3.8) is 0 Å². The van der Waals surface area contributed by atoms with Gasteiger partial charge in [0.2, 0.25) is 0 Å². The Morgan fingerprint density at radius 2 is 0.929 bits per heavy atom. The topological polar surface area (TPSA) is 51.8 Å². The summed E-state index contributed by atoms with van der Waals surface area (Å²) >= 11 is 1.85. The third kappa shape index (κ3) is 5.48. The Morgan fingerprint density at radius 1 is 0.357 bits per heavy atom. The number of nitrogens with zero attached hydrogens (tertiary/aromatic N) is 3. The van der Waals surface area contributed by atoms with Crippen LogP contribution in [0.2, 0.25) is 0 Å². The summed E-state index contributed by atoms with van der Waals surface area (Å²) in [5.74, 6) is 1.85. The molecule has 0 N–H and O–H groups in total. The molecule has 0 saturated heterocycles. The Hall–Kier alpha value is -7.21. The monoisotopic (exact) mass is 733 g/mol. The van der Waals surface area contributed by atoms with Crippen LogP contribution in [0.4, 0.5) is 0 Å². The lowest BCUT2D eigenvalue weighted by Gasteiger charge is -2.11. The first-order chi connectivity index (χ1) is 27.7. The van der Waals surface area contributed by atoms with Crippen molar-refractivity contribution in [1.82, 2.24) is 15.0 Å². The van der Waals surface area contributed by atoms with Gasteiger partial charge in [-0.2, -0.15) is 0 Å². The molecule has 0 fully saturated rings. The predicted octanol–water partition coefficient (Wildman–Crippen LogP) is 14.1. The second-order valence-electron chi connectivity index (χ2n) is 13.9. The van der Waals surface area contributed by atoms with Crippen LogP contribution >= 0.6 is 11.3 Å². The molecule has 0 atom stereocenters. The minimum atomic E-state index is 0.596. The minimum Gasteiger partial charge on any atom is -0.455 e. The minimum absolute atomic E-state index is 0.596. The third-order valence-corrected chi connectivity index (χ3v) is 11.8. The van der Waals surface area contributed by atoms with Crippen LogP contribution in [-0.4, -0.2) is 15.0 Å². The van der Waals surface area contributed by atoms with Crippen LogP contribution in [-0.2, 0) is 0 Å². The number of para-hydroxylation sites is 1. The van der Waals surface area contributed by atoms with Crippen LogP contribution < -0.4 is 0 Å². The molecule has 0 spiro atoms. The molecule has 0 saturated carbocycles. The van der Waals surface area contributed by atoms with Crippen molar-refractivity contribution in [2.24, 2.45) is 0 Å². The molecule has 5 heteroatoms. The molecule has 11 aromatic rings. The fourth-order valence-corrected chi connectivity index (χ4v) is 9.13. The van der Waals surface area contributed by atoms with Gasteiger partial charge < -0.3 is 4.42 Å². The Kier molecular flexibility index (Phi) is 7.64. The standard InChI is InChI=1S/C51H31N3OS/c1-4-14-32(15-5-1)35-20-12-21-36(30-35)38-28-29-40(46-43-22-10-11-25-45(43)56-48(38)46)42-24-13-23-41-39-27-26-37(31-44(39)55-47(41)42)51-53-49(33-16-6-2-7-17-33)52-50(54-51)34-18-8-3-9-19-34/h1-31H. The van der Waals surface area contributed by atoms with Gasteiger partial charge in [0, 0.05) is 53.2 Å². The maximum Gasteiger partial charge on any atom is 0.164 e. The smallest absolute Gasteiger partial charge is 0.164 e. The quantitative estimate of drug-likeness (QED) is 0.171. The SMILES string of the molecule is c1ccc(-c2cccc(-c3ccc(-c4cccc5c4oc4cc(-c6nc(-c7ccccc7)nc(-c7ccccc7)n6)ccc45)c4c3sc3ccccc34)c2)cc1. The summed E-state index contributed by atoms with van der Waals surface area (Å²) in [4.78, 5) is 14.8. The van der Waals surface area contributed by atoms with Gasteiger partial charge in [-0.1, -0.05) is 164 Å². The van der Waals surface area contributed by atoms with Crippen molar-refractivity contribution in [2.45, 2.75) is 0 Å². The van der Waals surface area contributed by atoms with Gasteiger partial charge in [-0.15, -0.1) is 11.3 Å². The van der Waals surface area contributed by atoms with E-state index in [0.29, 0.717) is 17.5 Å². The number of aromatic nitrogens is 3. The van der Waals surface area contributed by atoms with Gasteiger partial charge in [-0.25, -0.2) is 15.0 Å². The van der Waals surface area contributed by atoms with Gasteiger partial charge in [0.25, 0.3) is 0 Å². The Labute approximate surface area is 327 Å². The van der Waals surface area contributed by atoms with E-state index >= 15 is 0 Å². The average Bonchev–Trinajstić information content (AvgIpc) is 3.86. The zero-order valence-electron chi connectivity index (χ0n) is 30.1. The van der Waals surface area contributed by atoms with Crippen LogP contribution in [0.1, 0.15) is 0 Å². The Morgan fingerprint density at radius 3 is 1.66 bits per heavy atom. The molecule has 0 radical (unpaired) electrons. The van der Waals surface area contributed by atoms with Gasteiger partial charge in [0.05, 0.1) is 0 Å². The first-order valence-electron chi connectivity index (χ1n) is 18.7. The first-order valence-corrected chi connectivity index (χ1v) is 19.5. The van der Waals surface area contributed by atoms with Gasteiger partial charge >= 0.3 is 0 Å². The molecule has 0 aliphatic carbocycles. The molecule has 8 aromatic carbocycles. The van der Waals surface area contributed by atoms with Gasteiger partial charge in [0.1, 0.15) is 11.2 Å². The molecule has 4 nitrogen and oxygen atoms in total. The largest absolute Gasteiger partial charge is 0.455 e. The highest BCUT2D eigenvalue weighted by atomic mass is 32.1. The van der Waals surface area contributed by atoms with E-state index < -0.39 is 0 Å². The summed E-state index contributed by atoms with van der Waals surface area (Å²) in [6.45, 7) is 0. The maximum absolute atomic E-state index is 6.88. The molecule has 0 aliphatic rings. The zero-order chi connectivity index (χ0) is 37.0. The lowest BCUT2D eigenvalue weighted by Crippen LogP contribution is -2.00. The fraction of sp³-hybridized carbons (Fsp3) is 0. The van der Waals surface area contributed by atoms with E-state index in [0.717, 1.165) is 49.8 Å². The van der Waals surface area contributed by atoms with Gasteiger partial charge in [0.15, 0.2) is 17.5 Å². The van der Waals surface area contributed by atoms with Crippen molar-refractivity contribution in [3.8, 4) is 67.5 Å². The Balaban J connectivity index is 1.07. The van der Waals surface area contributed by atoms with E-state index in [9.17, 15) is 0 Å². The van der Waals surface area contributed by atoms with Crippen LogP contribution in [0.3, 0.4) is 0 Å². The molecule has 3 heterocycles. The summed E-state index contributed by atoms with van der Waals surface area (Å²) in [7, 11) is 0. The summed E-state index contributed by atoms with van der Waals surface area (Å²) in [5.41, 5.74) is 11.4. The number of rotatable bonds is 6. The van der Waals surface area contributed by atoms with Crippen molar-refractivity contribution < 1.29 is 4.42 Å². The van der Waals surface area contributed by atoms with Crippen LogP contribution in [0.25, 0.3) is 110 Å². The van der Waals surface area contributed by atoms with E-state index in [-0.39, 0.29) is 0 Å². The number of hydrogen-bond acceptors (Lipinski definition) is 5. The van der Waals surface area contributed by atoms with Crippen LogP contribution in [0.15, 0.2) is 192 Å². The summed E-state index contributed by atoms with van der Waals surface area (Å²) in [5, 5.41) is 4.61. The molecule has 3 aromatic heterocycles. The maximum atomic E-state index is 6.88. The highest BCUT2D eigenvalue weighted by Gasteiger charge is 2.20. The van der Waals surface area contributed by atoms with E-state index in [1.54, 1.807) is 0 Å². The number of hydrogen-bond donors (Lipinski definition) is 0. The number of thiophene rings is 1. The van der Waals surface area contributed by atoms with Crippen LogP contribution in [0, 0.1) is 0 Å². The first kappa shape index (κ1) is 32.2. The summed E-state index contributed by atoms with van der Waals surface area (Å²) in [6.07, 6.45) is 0. The predicted molar refractivity (Wildman–Crippen MR) is 233 cm³/mol. The van der Waals surface area contributed by atoms with Gasteiger partial charge in [-0.05, 0) is 52.1 Å². The van der Waals surface area contributed by atoms with E-state index in [1.165, 1.54) is 42.4 Å². The second kappa shape index (κ2) is 13.3. The average molecular weight is 734 g/mol. The molecule has 0 bridgehead atoms. The van der Waals surface area contributed by atoms with Crippen molar-refractivity contribution in [3.05, 3.63) is 188 Å². The van der Waals surface area contributed by atoms with E-state index in [1.807, 2.05) is 72.0 Å². The molecule has 56 heavy (non-hydrogen) atoms. The number of furan rings is 1. The molecular formula is C51H31N3OS. The summed E-state index contributed by atoms with van der Waals surface area (Å²) in [6, 6.07) is 65.7. The Bertz CT molecular complexity index is 3180. The molecule has 0 aliphatic heterocycles. The molecular weight excluding hydrogens is 703 g/mol. The number of benzene rings is 8. The third-order valence-electron chi connectivity index (χ3n) is 10.6. The zero-order valence-corrected chi connectivity index (χ0v) is 30.9. The lowest BCUT2D eigenvalue weighted by molar-refractivity contribution is 0.670. The molecule has 11 rings (SSSR count). The van der Waals surface area contributed by atoms with Crippen LogP contribution in [0.5, 0.6) is 0 Å². The highest BCUT2D eigenvalue weighted by molar-refractivity contribution is 7.26. The van der Waals surface area contributed by atoms with Gasteiger partial charge in [-0.3, -0.25) is 0 Å². The highest BCUT2D eigenvalue weighted by Crippen LogP contribution is 2.47. The molecule has 0 amide bonds. The second-order valence-corrected chi connectivity index (χ2v) is 15.0. The molecule has 0 unspecified atom stereocenters. The van der Waals surface area contributed by atoms with Crippen molar-refractivity contribution >= 4 is 53.4 Å². The number of fused-ring (bicyclic) bond motifs is 6. The fourth-order valence-electron chi connectivity index (χ4n) is 7.86. The van der Waals surface area contributed by atoms with Crippen molar-refractivity contribution in [2.75, 3.05) is 0 Å². The molecule has 262 valence electrons.